The molecule has 4 nitrogen and oxygen atoms in total. The van der Waals surface area contributed by atoms with Crippen LogP contribution in [0.2, 0.25) is 0 Å². The molecule has 1 heterocycles. The number of aromatic amines is 1. The van der Waals surface area contributed by atoms with E-state index in [0.717, 1.165) is 0 Å². The Kier molecular flexibility index (Phi) is 4.07. The summed E-state index contributed by atoms with van der Waals surface area (Å²) in [7, 11) is 1.62. The molecule has 0 aliphatic heterocycles. The van der Waals surface area contributed by atoms with Gasteiger partial charge in [0, 0.05) is 19.3 Å². The second-order valence-corrected chi connectivity index (χ2v) is 4.05. The first-order valence-corrected chi connectivity index (χ1v) is 5.76. The number of ether oxygens (including phenoxy) is 1. The summed E-state index contributed by atoms with van der Waals surface area (Å²) < 4.78 is 18.6. The largest absolute Gasteiger partial charge is 0.385 e. The Morgan fingerprint density at radius 3 is 2.94 bits per heavy atom. The third-order valence-electron chi connectivity index (χ3n) is 2.74. The summed E-state index contributed by atoms with van der Waals surface area (Å²) in [6.07, 6.45) is 2.27. The standard InChI is InChI=1S/C13H16FN3O/c1-18-7-6-11(15)13-16-8-12(17-13)9-4-2-3-5-10(9)14/h2-5,8,11H,6-7,15H2,1H3,(H,16,17). The van der Waals surface area contributed by atoms with Crippen LogP contribution in [0.3, 0.4) is 0 Å². The van der Waals surface area contributed by atoms with E-state index in [0.29, 0.717) is 30.1 Å². The van der Waals surface area contributed by atoms with Gasteiger partial charge in [0.25, 0.3) is 0 Å². The lowest BCUT2D eigenvalue weighted by Crippen LogP contribution is -2.14. The number of methoxy groups -OCH3 is 1. The van der Waals surface area contributed by atoms with Crippen LogP contribution in [0.5, 0.6) is 0 Å². The molecule has 2 aromatic rings. The van der Waals surface area contributed by atoms with Gasteiger partial charge >= 0.3 is 0 Å². The minimum Gasteiger partial charge on any atom is -0.385 e. The van der Waals surface area contributed by atoms with E-state index in [-0.39, 0.29) is 11.9 Å². The van der Waals surface area contributed by atoms with Gasteiger partial charge in [-0.1, -0.05) is 12.1 Å². The average molecular weight is 249 g/mol. The summed E-state index contributed by atoms with van der Waals surface area (Å²) in [6, 6.07) is 6.32. The lowest BCUT2D eigenvalue weighted by Gasteiger charge is -2.07. The molecule has 0 fully saturated rings. The summed E-state index contributed by atoms with van der Waals surface area (Å²) in [6.45, 7) is 0.566. The number of imidazole rings is 1. The molecule has 0 amide bonds. The first kappa shape index (κ1) is 12.7. The average Bonchev–Trinajstić information content (AvgIpc) is 2.86. The van der Waals surface area contributed by atoms with Crippen LogP contribution < -0.4 is 5.73 Å². The maximum Gasteiger partial charge on any atom is 0.132 e. The van der Waals surface area contributed by atoms with E-state index in [1.165, 1.54) is 6.07 Å². The lowest BCUT2D eigenvalue weighted by molar-refractivity contribution is 0.187. The molecule has 96 valence electrons. The van der Waals surface area contributed by atoms with Crippen molar-refractivity contribution in [2.75, 3.05) is 13.7 Å². The molecular weight excluding hydrogens is 233 g/mol. The number of rotatable bonds is 5. The van der Waals surface area contributed by atoms with E-state index >= 15 is 0 Å². The van der Waals surface area contributed by atoms with Gasteiger partial charge in [0.2, 0.25) is 0 Å². The molecule has 1 aromatic carbocycles. The molecule has 0 radical (unpaired) electrons. The molecule has 1 aromatic heterocycles. The van der Waals surface area contributed by atoms with E-state index in [9.17, 15) is 4.39 Å². The van der Waals surface area contributed by atoms with Crippen molar-refractivity contribution in [3.05, 3.63) is 42.1 Å². The van der Waals surface area contributed by atoms with Gasteiger partial charge in [0.15, 0.2) is 0 Å². The van der Waals surface area contributed by atoms with Crippen LogP contribution in [0, 0.1) is 5.82 Å². The highest BCUT2D eigenvalue weighted by atomic mass is 19.1. The third-order valence-corrected chi connectivity index (χ3v) is 2.74. The second kappa shape index (κ2) is 5.75. The smallest absolute Gasteiger partial charge is 0.132 e. The van der Waals surface area contributed by atoms with Crippen molar-refractivity contribution in [3.63, 3.8) is 0 Å². The Morgan fingerprint density at radius 2 is 2.22 bits per heavy atom. The molecule has 1 unspecified atom stereocenters. The van der Waals surface area contributed by atoms with Crippen molar-refractivity contribution >= 4 is 0 Å². The Morgan fingerprint density at radius 1 is 1.44 bits per heavy atom. The second-order valence-electron chi connectivity index (χ2n) is 4.05. The van der Waals surface area contributed by atoms with Crippen molar-refractivity contribution in [3.8, 4) is 11.3 Å². The van der Waals surface area contributed by atoms with E-state index in [2.05, 4.69) is 9.97 Å². The minimum absolute atomic E-state index is 0.231. The maximum absolute atomic E-state index is 13.6. The van der Waals surface area contributed by atoms with Crippen molar-refractivity contribution in [1.29, 1.82) is 0 Å². The van der Waals surface area contributed by atoms with Gasteiger partial charge in [-0.05, 0) is 18.6 Å². The number of benzene rings is 1. The monoisotopic (exact) mass is 249 g/mol. The van der Waals surface area contributed by atoms with Gasteiger partial charge in [-0.25, -0.2) is 9.37 Å². The van der Waals surface area contributed by atoms with Crippen molar-refractivity contribution in [2.24, 2.45) is 5.73 Å². The molecule has 1 atom stereocenters. The molecule has 2 rings (SSSR count). The Hall–Kier alpha value is -1.72. The summed E-state index contributed by atoms with van der Waals surface area (Å²) in [5.41, 5.74) is 7.07. The molecule has 0 saturated heterocycles. The quantitative estimate of drug-likeness (QED) is 0.854. The number of halogens is 1. The molecule has 0 aliphatic carbocycles. The minimum atomic E-state index is -0.279. The molecule has 0 saturated carbocycles. The first-order valence-electron chi connectivity index (χ1n) is 5.76. The third kappa shape index (κ3) is 2.75. The van der Waals surface area contributed by atoms with Crippen LogP contribution in [-0.2, 0) is 4.74 Å². The summed E-state index contributed by atoms with van der Waals surface area (Å²) in [5, 5.41) is 0. The van der Waals surface area contributed by atoms with Crippen LogP contribution in [0.1, 0.15) is 18.3 Å². The fraction of sp³-hybridized carbons (Fsp3) is 0.308. The Balaban J connectivity index is 2.18. The topological polar surface area (TPSA) is 63.9 Å². The molecule has 18 heavy (non-hydrogen) atoms. The zero-order valence-electron chi connectivity index (χ0n) is 10.2. The maximum atomic E-state index is 13.6. The van der Waals surface area contributed by atoms with Gasteiger partial charge in [-0.3, -0.25) is 0 Å². The SMILES string of the molecule is COCCC(N)c1ncc(-c2ccccc2F)[nH]1. The zero-order chi connectivity index (χ0) is 13.0. The fourth-order valence-electron chi connectivity index (χ4n) is 1.72. The van der Waals surface area contributed by atoms with Crippen molar-refractivity contribution in [1.82, 2.24) is 9.97 Å². The van der Waals surface area contributed by atoms with Gasteiger partial charge in [-0.2, -0.15) is 0 Å². The zero-order valence-corrected chi connectivity index (χ0v) is 10.2. The number of hydrogen-bond acceptors (Lipinski definition) is 3. The van der Waals surface area contributed by atoms with Crippen LogP contribution in [-0.4, -0.2) is 23.7 Å². The van der Waals surface area contributed by atoms with Crippen LogP contribution >= 0.6 is 0 Å². The predicted molar refractivity (Wildman–Crippen MR) is 67.4 cm³/mol. The van der Waals surface area contributed by atoms with Crippen LogP contribution in [0.25, 0.3) is 11.3 Å². The Bertz CT molecular complexity index is 512. The van der Waals surface area contributed by atoms with Gasteiger partial charge in [-0.15, -0.1) is 0 Å². The van der Waals surface area contributed by atoms with E-state index in [1.807, 2.05) is 0 Å². The number of H-pyrrole nitrogens is 1. The fourth-order valence-corrected chi connectivity index (χ4v) is 1.72. The highest BCUT2D eigenvalue weighted by Gasteiger charge is 2.12. The van der Waals surface area contributed by atoms with Gasteiger partial charge in [0.05, 0.1) is 17.9 Å². The number of nitrogens with one attached hydrogen (secondary N) is 1. The lowest BCUT2D eigenvalue weighted by atomic mass is 10.1. The molecule has 0 spiro atoms. The summed E-state index contributed by atoms with van der Waals surface area (Å²) in [5.74, 6) is 0.364. The highest BCUT2D eigenvalue weighted by molar-refractivity contribution is 5.59. The molecule has 0 bridgehead atoms. The first-order chi connectivity index (χ1) is 8.72. The molecule has 5 heteroatoms. The van der Waals surface area contributed by atoms with Crippen LogP contribution in [0.15, 0.2) is 30.5 Å². The van der Waals surface area contributed by atoms with Crippen molar-refractivity contribution in [2.45, 2.75) is 12.5 Å². The summed E-state index contributed by atoms with van der Waals surface area (Å²) >= 11 is 0. The number of nitrogens with two attached hydrogens (primary N) is 1. The molecule has 0 aliphatic rings. The van der Waals surface area contributed by atoms with Crippen molar-refractivity contribution < 1.29 is 9.13 Å². The predicted octanol–water partition coefficient (Wildman–Crippen LogP) is 2.25. The van der Waals surface area contributed by atoms with Gasteiger partial charge in [0.1, 0.15) is 11.6 Å². The highest BCUT2D eigenvalue weighted by Crippen LogP contribution is 2.22. The number of aromatic nitrogens is 2. The van der Waals surface area contributed by atoms with E-state index < -0.39 is 0 Å². The Labute approximate surface area is 105 Å². The summed E-state index contributed by atoms with van der Waals surface area (Å²) in [4.78, 5) is 7.23. The van der Waals surface area contributed by atoms with E-state index in [4.69, 9.17) is 10.5 Å². The number of hydrogen-bond donors (Lipinski definition) is 2. The number of nitrogens with zero attached hydrogens (tertiary/aromatic N) is 1. The van der Waals surface area contributed by atoms with E-state index in [1.54, 1.807) is 31.5 Å². The van der Waals surface area contributed by atoms with Crippen LogP contribution in [0.4, 0.5) is 4.39 Å². The molecule has 3 N–H and O–H groups in total. The van der Waals surface area contributed by atoms with Gasteiger partial charge < -0.3 is 15.5 Å². The molecular formula is C13H16FN3O. The normalized spacial score (nSPS) is 12.6.